The Morgan fingerprint density at radius 3 is 1.30 bits per heavy atom. The molecule has 8 aromatic carbocycles. The van der Waals surface area contributed by atoms with Crippen molar-refractivity contribution in [3.05, 3.63) is 201 Å². The molecule has 0 radical (unpaired) electrons. The molecule has 0 unspecified atom stereocenters. The molecular weight excluding hydrogens is 643 g/mol. The van der Waals surface area contributed by atoms with Crippen LogP contribution in [0.5, 0.6) is 0 Å². The molecule has 0 spiro atoms. The summed E-state index contributed by atoms with van der Waals surface area (Å²) in [7, 11) is 0. The van der Waals surface area contributed by atoms with E-state index in [4.69, 9.17) is 0 Å². The van der Waals surface area contributed by atoms with Crippen molar-refractivity contribution < 1.29 is 0 Å². The number of anilines is 3. The van der Waals surface area contributed by atoms with Gasteiger partial charge in [0.25, 0.3) is 0 Å². The van der Waals surface area contributed by atoms with Crippen LogP contribution < -0.4 is 4.90 Å². The minimum absolute atomic E-state index is 1.01. The molecular formula is C50H33N3. The SMILES string of the molecule is c1ccc(-c2ccc(N(c3ccc(-c4ccc5ccc6c(-c7ccc(-c8cccnc8)cc7)ccc7ccc4c5c76)cc3)c3cccnc3)cc2)cc1. The normalized spacial score (nSPS) is 11.4. The van der Waals surface area contributed by atoms with Gasteiger partial charge >= 0.3 is 0 Å². The van der Waals surface area contributed by atoms with E-state index in [1.54, 1.807) is 0 Å². The van der Waals surface area contributed by atoms with Gasteiger partial charge in [0.1, 0.15) is 0 Å². The van der Waals surface area contributed by atoms with Crippen LogP contribution in [0.4, 0.5) is 17.1 Å². The topological polar surface area (TPSA) is 29.0 Å². The van der Waals surface area contributed by atoms with Gasteiger partial charge < -0.3 is 4.90 Å². The summed E-state index contributed by atoms with van der Waals surface area (Å²) >= 11 is 0. The minimum atomic E-state index is 1.01. The number of hydrogen-bond acceptors (Lipinski definition) is 3. The van der Waals surface area contributed by atoms with Gasteiger partial charge in [0.15, 0.2) is 0 Å². The highest BCUT2D eigenvalue weighted by molar-refractivity contribution is 6.27. The van der Waals surface area contributed by atoms with Gasteiger partial charge in [0.05, 0.1) is 11.9 Å². The molecule has 0 amide bonds. The fourth-order valence-electron chi connectivity index (χ4n) is 7.84. The maximum atomic E-state index is 4.46. The van der Waals surface area contributed by atoms with Crippen LogP contribution in [-0.4, -0.2) is 9.97 Å². The third kappa shape index (κ3) is 5.47. The summed E-state index contributed by atoms with van der Waals surface area (Å²) in [6.07, 6.45) is 7.47. The Morgan fingerprint density at radius 2 is 0.755 bits per heavy atom. The van der Waals surface area contributed by atoms with Gasteiger partial charge in [-0.3, -0.25) is 9.97 Å². The summed E-state index contributed by atoms with van der Waals surface area (Å²) < 4.78 is 0. The van der Waals surface area contributed by atoms with Crippen molar-refractivity contribution in [1.82, 2.24) is 9.97 Å². The molecule has 0 bridgehead atoms. The first-order chi connectivity index (χ1) is 26.3. The van der Waals surface area contributed by atoms with E-state index in [2.05, 4.69) is 179 Å². The lowest BCUT2D eigenvalue weighted by molar-refractivity contribution is 1.23. The summed E-state index contributed by atoms with van der Waals surface area (Å²) in [6, 6.07) is 63.5. The van der Waals surface area contributed by atoms with Crippen molar-refractivity contribution >= 4 is 49.4 Å². The van der Waals surface area contributed by atoms with Gasteiger partial charge in [-0.25, -0.2) is 0 Å². The van der Waals surface area contributed by atoms with Gasteiger partial charge in [-0.1, -0.05) is 133 Å². The standard InChI is InChI=1S/C50H33N3/c1-2-6-34(7-3-1)35-14-22-42(23-15-35)53(44-9-5-31-52-33-44)43-24-16-38(17-25-43)46-27-19-40-20-28-47-45(26-18-39-21-29-48(46)50(40)49(39)47)37-12-10-36(11-13-37)41-8-4-30-51-32-41/h1-33H. The Morgan fingerprint density at radius 1 is 0.302 bits per heavy atom. The maximum Gasteiger partial charge on any atom is 0.0644 e. The van der Waals surface area contributed by atoms with Crippen molar-refractivity contribution in [2.45, 2.75) is 0 Å². The van der Waals surface area contributed by atoms with Gasteiger partial charge in [-0.2, -0.15) is 0 Å². The van der Waals surface area contributed by atoms with Crippen LogP contribution in [-0.2, 0) is 0 Å². The zero-order chi connectivity index (χ0) is 35.1. The summed E-state index contributed by atoms with van der Waals surface area (Å²) in [6.45, 7) is 0. The molecule has 0 saturated heterocycles. The second-order valence-electron chi connectivity index (χ2n) is 13.5. The van der Waals surface area contributed by atoms with E-state index in [9.17, 15) is 0 Å². The van der Waals surface area contributed by atoms with E-state index in [1.165, 1.54) is 71.3 Å². The molecule has 3 heteroatoms. The molecule has 248 valence electrons. The Bertz CT molecular complexity index is 2830. The fraction of sp³-hybridized carbons (Fsp3) is 0. The molecule has 0 aliphatic rings. The van der Waals surface area contributed by atoms with Crippen LogP contribution in [0.25, 0.3) is 76.8 Å². The van der Waals surface area contributed by atoms with E-state index >= 15 is 0 Å². The number of hydrogen-bond donors (Lipinski definition) is 0. The average Bonchev–Trinajstić information content (AvgIpc) is 3.24. The van der Waals surface area contributed by atoms with Crippen LogP contribution in [0.1, 0.15) is 0 Å². The zero-order valence-corrected chi connectivity index (χ0v) is 28.9. The molecule has 0 atom stereocenters. The van der Waals surface area contributed by atoms with Crippen molar-refractivity contribution in [1.29, 1.82) is 0 Å². The molecule has 2 aromatic heterocycles. The third-order valence-electron chi connectivity index (χ3n) is 10.4. The van der Waals surface area contributed by atoms with Gasteiger partial charge in [0, 0.05) is 30.0 Å². The summed E-state index contributed by atoms with van der Waals surface area (Å²) in [5.74, 6) is 0. The zero-order valence-electron chi connectivity index (χ0n) is 28.9. The number of benzene rings is 8. The molecule has 0 aliphatic heterocycles. The van der Waals surface area contributed by atoms with Crippen molar-refractivity contribution in [2.24, 2.45) is 0 Å². The first-order valence-electron chi connectivity index (χ1n) is 18.0. The minimum Gasteiger partial charge on any atom is -0.309 e. The number of nitrogens with zero attached hydrogens (tertiary/aromatic N) is 3. The number of rotatable bonds is 7. The van der Waals surface area contributed by atoms with E-state index in [1.807, 2.05) is 36.9 Å². The lowest BCUT2D eigenvalue weighted by atomic mass is 9.87. The molecule has 10 rings (SSSR count). The van der Waals surface area contributed by atoms with Crippen LogP contribution in [0.2, 0.25) is 0 Å². The second-order valence-corrected chi connectivity index (χ2v) is 13.5. The average molecular weight is 676 g/mol. The van der Waals surface area contributed by atoms with E-state index < -0.39 is 0 Å². The van der Waals surface area contributed by atoms with Crippen molar-refractivity contribution in [3.63, 3.8) is 0 Å². The second kappa shape index (κ2) is 12.9. The summed E-state index contributed by atoms with van der Waals surface area (Å²) in [4.78, 5) is 11.0. The first-order valence-corrected chi connectivity index (χ1v) is 18.0. The van der Waals surface area contributed by atoms with E-state index in [0.29, 0.717) is 0 Å². The Kier molecular flexibility index (Phi) is 7.47. The first kappa shape index (κ1) is 30.7. The van der Waals surface area contributed by atoms with Crippen LogP contribution in [0.15, 0.2) is 201 Å². The predicted molar refractivity (Wildman–Crippen MR) is 222 cm³/mol. The van der Waals surface area contributed by atoms with E-state index in [0.717, 1.165) is 22.6 Å². The van der Waals surface area contributed by atoms with Crippen molar-refractivity contribution in [2.75, 3.05) is 4.90 Å². The lowest BCUT2D eigenvalue weighted by Gasteiger charge is -2.25. The fourth-order valence-corrected chi connectivity index (χ4v) is 7.84. The maximum absolute atomic E-state index is 4.46. The smallest absolute Gasteiger partial charge is 0.0644 e. The van der Waals surface area contributed by atoms with Crippen LogP contribution in [0, 0.1) is 0 Å². The highest BCUT2D eigenvalue weighted by Gasteiger charge is 2.17. The predicted octanol–water partition coefficient (Wildman–Crippen LogP) is 13.5. The van der Waals surface area contributed by atoms with Gasteiger partial charge in [-0.15, -0.1) is 0 Å². The summed E-state index contributed by atoms with van der Waals surface area (Å²) in [5.41, 5.74) is 12.7. The quantitative estimate of drug-likeness (QED) is 0.157. The molecule has 0 N–H and O–H groups in total. The van der Waals surface area contributed by atoms with Gasteiger partial charge in [0.2, 0.25) is 0 Å². The number of pyridine rings is 2. The largest absolute Gasteiger partial charge is 0.309 e. The molecule has 0 saturated carbocycles. The Labute approximate surface area is 308 Å². The van der Waals surface area contributed by atoms with Crippen LogP contribution in [0.3, 0.4) is 0 Å². The third-order valence-corrected chi connectivity index (χ3v) is 10.4. The highest BCUT2D eigenvalue weighted by Crippen LogP contribution is 2.43. The lowest BCUT2D eigenvalue weighted by Crippen LogP contribution is -2.10. The molecule has 0 fully saturated rings. The molecule has 53 heavy (non-hydrogen) atoms. The van der Waals surface area contributed by atoms with Crippen molar-refractivity contribution in [3.8, 4) is 44.5 Å². The Balaban J connectivity index is 1.04. The molecule has 0 aliphatic carbocycles. The number of aromatic nitrogens is 2. The Hall–Kier alpha value is -7.10. The van der Waals surface area contributed by atoms with E-state index in [-0.39, 0.29) is 0 Å². The van der Waals surface area contributed by atoms with Crippen LogP contribution >= 0.6 is 0 Å². The van der Waals surface area contributed by atoms with Gasteiger partial charge in [-0.05, 0) is 119 Å². The molecule has 10 aromatic rings. The monoisotopic (exact) mass is 675 g/mol. The summed E-state index contributed by atoms with van der Waals surface area (Å²) in [5, 5.41) is 7.67. The molecule has 2 heterocycles. The molecule has 3 nitrogen and oxygen atoms in total. The highest BCUT2D eigenvalue weighted by atomic mass is 15.1.